The Morgan fingerprint density at radius 3 is 2.33 bits per heavy atom. The summed E-state index contributed by atoms with van der Waals surface area (Å²) in [7, 11) is 0. The van der Waals surface area contributed by atoms with Crippen molar-refractivity contribution < 1.29 is 9.53 Å². The molecule has 2 aliphatic heterocycles. The predicted octanol–water partition coefficient (Wildman–Crippen LogP) is 1.74. The molecule has 0 saturated carbocycles. The van der Waals surface area contributed by atoms with Gasteiger partial charge in [-0.1, -0.05) is 31.2 Å². The highest BCUT2D eigenvalue weighted by Gasteiger charge is 2.15. The summed E-state index contributed by atoms with van der Waals surface area (Å²) < 4.78 is 5.43. The molecule has 0 aromatic heterocycles. The molecule has 7 heteroatoms. The van der Waals surface area contributed by atoms with Gasteiger partial charge < -0.3 is 25.2 Å². The van der Waals surface area contributed by atoms with Crippen LogP contribution in [0.3, 0.4) is 0 Å². The van der Waals surface area contributed by atoms with Crippen LogP contribution in [0.5, 0.6) is 0 Å². The minimum absolute atomic E-state index is 0.0762. The third-order valence-electron chi connectivity index (χ3n) is 6.15. The van der Waals surface area contributed by atoms with Gasteiger partial charge in [0.15, 0.2) is 0 Å². The average Bonchev–Trinajstić information content (AvgIpc) is 2.79. The van der Waals surface area contributed by atoms with Gasteiger partial charge >= 0.3 is 6.03 Å². The Morgan fingerprint density at radius 2 is 1.60 bits per heavy atom. The summed E-state index contributed by atoms with van der Waals surface area (Å²) in [5, 5.41) is 6.02. The van der Waals surface area contributed by atoms with Gasteiger partial charge in [-0.3, -0.25) is 4.90 Å². The van der Waals surface area contributed by atoms with Crippen molar-refractivity contribution in [2.75, 3.05) is 72.1 Å². The zero-order chi connectivity index (χ0) is 21.0. The van der Waals surface area contributed by atoms with E-state index in [1.54, 1.807) is 0 Å². The van der Waals surface area contributed by atoms with Crippen LogP contribution in [0.2, 0.25) is 0 Å². The number of hydrogen-bond donors (Lipinski definition) is 2. The van der Waals surface area contributed by atoms with Gasteiger partial charge in [0, 0.05) is 58.9 Å². The quantitative estimate of drug-likeness (QED) is 0.568. The van der Waals surface area contributed by atoms with Crippen LogP contribution >= 0.6 is 0 Å². The maximum Gasteiger partial charge on any atom is 0.315 e. The molecule has 0 atom stereocenters. The molecule has 2 aliphatic rings. The number of unbranched alkanes of at least 4 members (excludes halogenated alkanes) is 1. The van der Waals surface area contributed by atoms with Crippen LogP contribution in [0.25, 0.3) is 0 Å². The highest BCUT2D eigenvalue weighted by atomic mass is 16.5. The van der Waals surface area contributed by atoms with Crippen molar-refractivity contribution in [3.8, 4) is 0 Å². The summed E-state index contributed by atoms with van der Waals surface area (Å²) >= 11 is 0. The number of carbonyl (C=O) groups excluding carboxylic acids is 1. The second-order valence-corrected chi connectivity index (χ2v) is 8.25. The Balaban J connectivity index is 1.28. The van der Waals surface area contributed by atoms with Crippen molar-refractivity contribution in [1.29, 1.82) is 0 Å². The van der Waals surface area contributed by atoms with Gasteiger partial charge in [-0.05, 0) is 37.1 Å². The van der Waals surface area contributed by atoms with E-state index in [4.69, 9.17) is 4.74 Å². The molecule has 0 aliphatic carbocycles. The maximum absolute atomic E-state index is 12.2. The van der Waals surface area contributed by atoms with Crippen molar-refractivity contribution >= 4 is 6.03 Å². The standard InChI is InChI=1S/C23H39N5O2/c1-2-26-11-13-27(14-12-26)10-6-5-9-24-23(29)25-19-21-7-3-4-8-22(21)20-28-15-17-30-18-16-28/h3-4,7-8H,2,5-6,9-20H2,1H3,(H2,24,25,29). The van der Waals surface area contributed by atoms with Crippen molar-refractivity contribution in [2.45, 2.75) is 32.9 Å². The van der Waals surface area contributed by atoms with E-state index >= 15 is 0 Å². The molecule has 168 valence electrons. The molecule has 2 N–H and O–H groups in total. The molecule has 1 aromatic rings. The number of amides is 2. The number of carbonyl (C=O) groups is 1. The Hall–Kier alpha value is -1.67. The fourth-order valence-corrected chi connectivity index (χ4v) is 4.11. The van der Waals surface area contributed by atoms with Crippen molar-refractivity contribution in [2.24, 2.45) is 0 Å². The van der Waals surface area contributed by atoms with Gasteiger partial charge in [0.2, 0.25) is 0 Å². The first-order chi connectivity index (χ1) is 14.7. The maximum atomic E-state index is 12.2. The van der Waals surface area contributed by atoms with E-state index in [0.717, 1.165) is 65.3 Å². The van der Waals surface area contributed by atoms with Crippen LogP contribution in [-0.2, 0) is 17.8 Å². The van der Waals surface area contributed by atoms with E-state index in [0.29, 0.717) is 6.54 Å². The van der Waals surface area contributed by atoms with Crippen LogP contribution < -0.4 is 10.6 Å². The number of nitrogens with zero attached hydrogens (tertiary/aromatic N) is 3. The minimum atomic E-state index is -0.0762. The molecule has 0 unspecified atom stereocenters. The predicted molar refractivity (Wildman–Crippen MR) is 121 cm³/mol. The number of hydrogen-bond acceptors (Lipinski definition) is 5. The summed E-state index contributed by atoms with van der Waals surface area (Å²) in [4.78, 5) is 19.6. The van der Waals surface area contributed by atoms with E-state index in [-0.39, 0.29) is 6.03 Å². The molecule has 2 fully saturated rings. The number of ether oxygens (including phenoxy) is 1. The number of urea groups is 1. The average molecular weight is 418 g/mol. The molecule has 7 nitrogen and oxygen atoms in total. The Kier molecular flexibility index (Phi) is 9.89. The van der Waals surface area contributed by atoms with Crippen molar-refractivity contribution in [3.05, 3.63) is 35.4 Å². The van der Waals surface area contributed by atoms with Crippen LogP contribution in [-0.4, -0.2) is 92.8 Å². The normalized spacial score (nSPS) is 19.0. The van der Waals surface area contributed by atoms with Crippen LogP contribution in [0.15, 0.2) is 24.3 Å². The van der Waals surface area contributed by atoms with Gasteiger partial charge in [0.1, 0.15) is 0 Å². The number of benzene rings is 1. The molecule has 2 saturated heterocycles. The molecule has 2 heterocycles. The Bertz CT molecular complexity index is 628. The molecule has 30 heavy (non-hydrogen) atoms. The second kappa shape index (κ2) is 12.9. The molecule has 3 rings (SSSR count). The lowest BCUT2D eigenvalue weighted by molar-refractivity contribution is 0.0341. The number of likely N-dealkylation sites (N-methyl/N-ethyl adjacent to an activating group) is 1. The summed E-state index contributed by atoms with van der Waals surface area (Å²) in [5.74, 6) is 0. The molecule has 0 radical (unpaired) electrons. The Labute approximate surface area is 181 Å². The summed E-state index contributed by atoms with van der Waals surface area (Å²) in [6.45, 7) is 15.0. The SMILES string of the molecule is CCN1CCN(CCCCNC(=O)NCc2ccccc2CN2CCOCC2)CC1. The highest BCUT2D eigenvalue weighted by Crippen LogP contribution is 2.13. The fourth-order valence-electron chi connectivity index (χ4n) is 4.11. The minimum Gasteiger partial charge on any atom is -0.379 e. The van der Waals surface area contributed by atoms with Crippen molar-refractivity contribution in [3.63, 3.8) is 0 Å². The molecular weight excluding hydrogens is 378 g/mol. The topological polar surface area (TPSA) is 60.1 Å². The van der Waals surface area contributed by atoms with Gasteiger partial charge in [-0.2, -0.15) is 0 Å². The molecule has 0 spiro atoms. The van der Waals surface area contributed by atoms with E-state index in [1.807, 2.05) is 6.07 Å². The number of rotatable bonds is 10. The first-order valence-electron chi connectivity index (χ1n) is 11.6. The number of nitrogens with one attached hydrogen (secondary N) is 2. The van der Waals surface area contributed by atoms with Gasteiger partial charge in [0.25, 0.3) is 0 Å². The van der Waals surface area contributed by atoms with Gasteiger partial charge in [0.05, 0.1) is 13.2 Å². The number of morpholine rings is 1. The first-order valence-corrected chi connectivity index (χ1v) is 11.6. The van der Waals surface area contributed by atoms with E-state index in [1.165, 1.54) is 37.3 Å². The summed E-state index contributed by atoms with van der Waals surface area (Å²) in [5.41, 5.74) is 2.47. The van der Waals surface area contributed by atoms with E-state index in [9.17, 15) is 4.79 Å². The third-order valence-corrected chi connectivity index (χ3v) is 6.15. The Morgan fingerprint density at radius 1 is 0.900 bits per heavy atom. The monoisotopic (exact) mass is 417 g/mol. The zero-order valence-corrected chi connectivity index (χ0v) is 18.6. The lowest BCUT2D eigenvalue weighted by Gasteiger charge is -2.33. The molecule has 0 bridgehead atoms. The first kappa shape index (κ1) is 23.0. The summed E-state index contributed by atoms with van der Waals surface area (Å²) in [6, 6.07) is 8.30. The smallest absolute Gasteiger partial charge is 0.315 e. The molecule has 2 amide bonds. The van der Waals surface area contributed by atoms with Crippen LogP contribution in [0.4, 0.5) is 4.79 Å². The number of piperazine rings is 1. The molecular formula is C23H39N5O2. The highest BCUT2D eigenvalue weighted by molar-refractivity contribution is 5.73. The zero-order valence-electron chi connectivity index (χ0n) is 18.6. The van der Waals surface area contributed by atoms with Crippen LogP contribution in [0.1, 0.15) is 30.9 Å². The third kappa shape index (κ3) is 7.87. The van der Waals surface area contributed by atoms with Gasteiger partial charge in [-0.15, -0.1) is 0 Å². The summed E-state index contributed by atoms with van der Waals surface area (Å²) in [6.07, 6.45) is 2.16. The van der Waals surface area contributed by atoms with E-state index < -0.39 is 0 Å². The molecule has 1 aromatic carbocycles. The van der Waals surface area contributed by atoms with Gasteiger partial charge in [-0.25, -0.2) is 4.79 Å². The lowest BCUT2D eigenvalue weighted by atomic mass is 10.1. The van der Waals surface area contributed by atoms with Crippen molar-refractivity contribution in [1.82, 2.24) is 25.3 Å². The second-order valence-electron chi connectivity index (χ2n) is 8.25. The lowest BCUT2D eigenvalue weighted by Crippen LogP contribution is -2.46. The van der Waals surface area contributed by atoms with Crippen LogP contribution in [0, 0.1) is 0 Å². The largest absolute Gasteiger partial charge is 0.379 e. The fraction of sp³-hybridized carbons (Fsp3) is 0.696. The van der Waals surface area contributed by atoms with E-state index in [2.05, 4.69) is 50.5 Å².